The van der Waals surface area contributed by atoms with Crippen molar-refractivity contribution in [2.45, 2.75) is 122 Å². The first-order valence-corrected chi connectivity index (χ1v) is 24.6. The molecule has 4 aliphatic rings. The third-order valence-electron chi connectivity index (χ3n) is 15.6. The molecule has 0 amide bonds. The molecular formula is C48H55F5O11S2. The highest BCUT2D eigenvalue weighted by Crippen LogP contribution is 2.71. The highest BCUT2D eigenvalue weighted by molar-refractivity contribution is 7.97. The van der Waals surface area contributed by atoms with Gasteiger partial charge in [-0.1, -0.05) is 75.4 Å². The molecule has 3 aromatic rings. The van der Waals surface area contributed by atoms with E-state index in [4.69, 9.17) is 14.2 Å². The predicted molar refractivity (Wildman–Crippen MR) is 229 cm³/mol. The average molecular weight is 967 g/mol. The van der Waals surface area contributed by atoms with Crippen LogP contribution in [0.2, 0.25) is 0 Å². The van der Waals surface area contributed by atoms with Crippen molar-refractivity contribution in [1.82, 2.24) is 0 Å². The van der Waals surface area contributed by atoms with Gasteiger partial charge in [0, 0.05) is 17.3 Å². The zero-order chi connectivity index (χ0) is 48.3. The normalized spacial score (nSPS) is 31.6. The van der Waals surface area contributed by atoms with Crippen LogP contribution in [0.5, 0.6) is 0 Å². The number of fused-ring (bicyclic) bond motifs is 5. The van der Waals surface area contributed by atoms with Crippen molar-refractivity contribution in [3.05, 3.63) is 91.0 Å². The highest BCUT2D eigenvalue weighted by Gasteiger charge is 2.75. The molecule has 0 saturated heterocycles. The van der Waals surface area contributed by atoms with E-state index in [0.29, 0.717) is 25.7 Å². The molecule has 0 heterocycles. The van der Waals surface area contributed by atoms with E-state index in [-0.39, 0.29) is 60.8 Å². The second kappa shape index (κ2) is 20.0. The molecule has 7 rings (SSSR count). The monoisotopic (exact) mass is 966 g/mol. The number of carbonyl (C=O) groups is 4. The summed E-state index contributed by atoms with van der Waals surface area (Å²) < 4.78 is 122. The standard InChI is InChI=1S/C30H41F5O11S.C18H15S/c1-16(4-7-23(39)40)18-5-6-19-24-20(11-22(45-14-37)27(18,19)3)26(2)8-9-28(46-15-38,12-17(26)10-21(24)44-13-36)25(29(31,32)33)30(34,35)47(41,42)43;1-4-10-16(11-5-1)19(17-12-6-2-7-13-17)18-14-8-3-9-15-18/h13-22,24-25H,4-12H2,1-3H3,(H,39,40)(H,41,42,43);1-15H/q;+1/p-1/t16-,17?,18-,19?,20?,21?,22?,24?,25?,26+,27-,28?;/m1./s1. The molecule has 0 spiro atoms. The van der Waals surface area contributed by atoms with E-state index in [1.54, 1.807) is 6.92 Å². The van der Waals surface area contributed by atoms with Gasteiger partial charge < -0.3 is 24.1 Å². The highest BCUT2D eigenvalue weighted by atomic mass is 32.2. The number of alkyl halides is 5. The Hall–Kier alpha value is -4.55. The second-order valence-electron chi connectivity index (χ2n) is 18.6. The second-order valence-corrected chi connectivity index (χ2v) is 22.2. The van der Waals surface area contributed by atoms with Crippen LogP contribution in [0.15, 0.2) is 106 Å². The molecular weight excluding hydrogens is 912 g/mol. The quantitative estimate of drug-likeness (QED) is 0.0480. The minimum absolute atomic E-state index is 0.0146. The van der Waals surface area contributed by atoms with Crippen molar-refractivity contribution in [2.75, 3.05) is 0 Å². The van der Waals surface area contributed by atoms with Crippen molar-refractivity contribution in [3.8, 4) is 0 Å². The van der Waals surface area contributed by atoms with E-state index in [9.17, 15) is 50.4 Å². The molecule has 0 aromatic heterocycles. The topological polar surface area (TPSA) is 173 Å². The third-order valence-corrected chi connectivity index (χ3v) is 18.7. The van der Waals surface area contributed by atoms with Crippen molar-refractivity contribution >= 4 is 46.4 Å². The fraction of sp³-hybridized carbons (Fsp3) is 0.542. The largest absolute Gasteiger partial charge is 0.550 e. The number of hydrogen-bond acceptors (Lipinski definition) is 10. The third kappa shape index (κ3) is 9.73. The molecule has 0 bridgehead atoms. The Morgan fingerprint density at radius 1 is 0.818 bits per heavy atom. The lowest BCUT2D eigenvalue weighted by Gasteiger charge is -2.65. The van der Waals surface area contributed by atoms with E-state index >= 15 is 8.78 Å². The van der Waals surface area contributed by atoms with Gasteiger partial charge in [0.25, 0.3) is 19.4 Å². The molecule has 0 radical (unpaired) electrons. The Balaban J connectivity index is 0.000000312. The summed E-state index contributed by atoms with van der Waals surface area (Å²) in [5.41, 5.74) is -4.77. The maximum absolute atomic E-state index is 15.0. The Morgan fingerprint density at radius 2 is 1.35 bits per heavy atom. The van der Waals surface area contributed by atoms with Gasteiger partial charge in [-0.15, -0.1) is 0 Å². The van der Waals surface area contributed by atoms with Gasteiger partial charge in [0.2, 0.25) is 0 Å². The van der Waals surface area contributed by atoms with E-state index < -0.39 is 99.1 Å². The molecule has 4 saturated carbocycles. The van der Waals surface area contributed by atoms with Crippen molar-refractivity contribution in [1.29, 1.82) is 0 Å². The van der Waals surface area contributed by atoms with Crippen LogP contribution in [0.1, 0.15) is 78.6 Å². The van der Waals surface area contributed by atoms with E-state index in [2.05, 4.69) is 91.0 Å². The van der Waals surface area contributed by atoms with Gasteiger partial charge in [0.05, 0.1) is 10.9 Å². The number of carboxylic acids is 1. The van der Waals surface area contributed by atoms with Crippen molar-refractivity contribution in [3.63, 3.8) is 0 Å². The predicted octanol–water partition coefficient (Wildman–Crippen LogP) is 8.47. The Morgan fingerprint density at radius 3 is 1.80 bits per heavy atom. The molecule has 3 aromatic carbocycles. The molecule has 360 valence electrons. The van der Waals surface area contributed by atoms with Gasteiger partial charge in [-0.3, -0.25) is 18.9 Å². The van der Waals surface area contributed by atoms with Gasteiger partial charge in [-0.05, 0) is 129 Å². The average Bonchev–Trinajstić information content (AvgIpc) is 3.62. The van der Waals surface area contributed by atoms with Crippen LogP contribution < -0.4 is 5.11 Å². The molecule has 8 unspecified atom stereocenters. The van der Waals surface area contributed by atoms with E-state index in [1.165, 1.54) is 14.7 Å². The Kier molecular flexibility index (Phi) is 15.4. The summed E-state index contributed by atoms with van der Waals surface area (Å²) in [4.78, 5) is 50.4. The maximum atomic E-state index is 15.0. The summed E-state index contributed by atoms with van der Waals surface area (Å²) in [6, 6.07) is 32.2. The number of carbonyl (C=O) groups excluding carboxylic acids is 4. The summed E-state index contributed by atoms with van der Waals surface area (Å²) in [6.07, 6.45) is -8.23. The van der Waals surface area contributed by atoms with Crippen LogP contribution >= 0.6 is 0 Å². The van der Waals surface area contributed by atoms with Crippen LogP contribution in [0.3, 0.4) is 0 Å². The molecule has 1 N–H and O–H groups in total. The Bertz CT molecular complexity index is 2160. The minimum Gasteiger partial charge on any atom is -0.550 e. The van der Waals surface area contributed by atoms with E-state index in [0.717, 1.165) is 0 Å². The number of aliphatic carboxylic acids is 1. The van der Waals surface area contributed by atoms with Crippen molar-refractivity contribution < 1.29 is 73.4 Å². The number of rotatable bonds is 16. The van der Waals surface area contributed by atoms with Gasteiger partial charge in [-0.25, -0.2) is 0 Å². The first-order chi connectivity index (χ1) is 31.1. The number of halogens is 5. The summed E-state index contributed by atoms with van der Waals surface area (Å²) in [6.45, 7) is 5.62. The van der Waals surface area contributed by atoms with Crippen LogP contribution in [0.4, 0.5) is 22.0 Å². The van der Waals surface area contributed by atoms with Gasteiger partial charge in [0.1, 0.15) is 17.8 Å². The molecule has 66 heavy (non-hydrogen) atoms. The fourth-order valence-electron chi connectivity index (χ4n) is 12.7. The fourth-order valence-corrected chi connectivity index (χ4v) is 15.4. The van der Waals surface area contributed by atoms with Gasteiger partial charge >= 0.3 is 21.5 Å². The van der Waals surface area contributed by atoms with E-state index in [1.807, 2.05) is 13.8 Å². The summed E-state index contributed by atoms with van der Waals surface area (Å²) in [5, 5.41) is 5.42. The molecule has 12 atom stereocenters. The number of ether oxygens (including phenoxy) is 3. The van der Waals surface area contributed by atoms with Crippen LogP contribution in [-0.4, -0.2) is 67.6 Å². The van der Waals surface area contributed by atoms with Crippen LogP contribution in [0, 0.1) is 52.3 Å². The van der Waals surface area contributed by atoms with Gasteiger partial charge in [-0.2, -0.15) is 30.4 Å². The lowest BCUT2D eigenvalue weighted by molar-refractivity contribution is -0.306. The molecule has 0 aliphatic heterocycles. The molecule has 4 fully saturated rings. The maximum Gasteiger partial charge on any atom is 0.402 e. The van der Waals surface area contributed by atoms with Crippen LogP contribution in [-0.2, 0) is 54.4 Å². The van der Waals surface area contributed by atoms with Crippen molar-refractivity contribution in [2.24, 2.45) is 52.3 Å². The zero-order valence-electron chi connectivity index (χ0n) is 36.7. The van der Waals surface area contributed by atoms with Crippen LogP contribution in [0.25, 0.3) is 0 Å². The lowest BCUT2D eigenvalue weighted by Crippen LogP contribution is -2.67. The lowest BCUT2D eigenvalue weighted by atomic mass is 9.42. The summed E-state index contributed by atoms with van der Waals surface area (Å²) >= 11 is 0. The summed E-state index contributed by atoms with van der Waals surface area (Å²) in [7, 11) is -6.65. The number of carboxylic acid groups (broad SMARTS) is 1. The molecule has 18 heteroatoms. The Labute approximate surface area is 384 Å². The first kappa shape index (κ1) is 50.9. The first-order valence-electron chi connectivity index (χ1n) is 21.9. The number of hydrogen-bond donors (Lipinski definition) is 1. The minimum atomic E-state index is -6.63. The SMILES string of the molecule is C[C@H](CCC(=O)[O-])[C@H]1CCC2C3C(OC=O)CC4CC(OC=O)(C(C(F)(F)F)C(F)(F)S(=O)(=O)O)CC[C@]4(C)C3CC(OC=O)[C@@]21C.c1ccc([S+](c2ccccc2)c2ccccc2)cc1. The number of benzene rings is 3. The van der Waals surface area contributed by atoms with Gasteiger partial charge in [0.15, 0.2) is 20.6 Å². The molecule has 4 aliphatic carbocycles. The molecule has 11 nitrogen and oxygen atoms in total. The summed E-state index contributed by atoms with van der Waals surface area (Å²) in [5.74, 6) is -7.71. The smallest absolute Gasteiger partial charge is 0.402 e. The zero-order valence-corrected chi connectivity index (χ0v) is 38.3.